The molecule has 0 unspecified atom stereocenters. The normalized spacial score (nSPS) is 27.4. The molecule has 0 amide bonds. The highest BCUT2D eigenvalue weighted by Gasteiger charge is 2.50. The fourth-order valence-corrected chi connectivity index (χ4v) is 3.02. The zero-order chi connectivity index (χ0) is 21.8. The minimum absolute atomic E-state index is 0.261. The smallest absolute Gasteiger partial charge is 0.348 e. The summed E-state index contributed by atoms with van der Waals surface area (Å²) in [5.41, 5.74) is 6.09. The van der Waals surface area contributed by atoms with Crippen LogP contribution in [0.3, 0.4) is 0 Å². The summed E-state index contributed by atoms with van der Waals surface area (Å²) < 4.78 is 32.6. The van der Waals surface area contributed by atoms with Gasteiger partial charge in [0.1, 0.15) is 18.0 Å². The van der Waals surface area contributed by atoms with Gasteiger partial charge in [0.05, 0.1) is 0 Å². The Kier molecular flexibility index (Phi) is 7.39. The van der Waals surface area contributed by atoms with E-state index in [1.54, 1.807) is 12.1 Å². The van der Waals surface area contributed by atoms with Crippen molar-refractivity contribution in [2.75, 3.05) is 5.73 Å². The Morgan fingerprint density at radius 2 is 1.66 bits per heavy atom. The van der Waals surface area contributed by atoms with E-state index in [4.69, 9.17) is 34.5 Å². The second-order valence-electron chi connectivity index (χ2n) is 6.23. The average molecular weight is 431 g/mol. The first-order valence-corrected chi connectivity index (χ1v) is 10.1. The Labute approximate surface area is 166 Å². The highest BCUT2D eigenvalue weighted by molar-refractivity contribution is 7.55. The molecule has 1 aromatic rings. The summed E-state index contributed by atoms with van der Waals surface area (Å²) in [5, 5.41) is 10.5. The molecule has 1 fully saturated rings. The predicted molar refractivity (Wildman–Crippen MR) is 98.4 cm³/mol. The van der Waals surface area contributed by atoms with Crippen molar-refractivity contribution < 1.29 is 48.0 Å². The van der Waals surface area contributed by atoms with Crippen LogP contribution in [0.25, 0.3) is 0 Å². The molecule has 1 aromatic carbocycles. The lowest BCUT2D eigenvalue weighted by Gasteiger charge is -2.42. The lowest BCUT2D eigenvalue weighted by molar-refractivity contribution is -0.271. The fourth-order valence-electron chi connectivity index (χ4n) is 2.62. The summed E-state index contributed by atoms with van der Waals surface area (Å²) in [7, 11) is -4.56. The maximum atomic E-state index is 11.5. The van der Waals surface area contributed by atoms with Gasteiger partial charge in [-0.05, 0) is 30.3 Å². The second-order valence-corrected chi connectivity index (χ2v) is 7.70. The molecule has 0 aliphatic carbocycles. The predicted octanol–water partition coefficient (Wildman–Crippen LogP) is 0.288. The van der Waals surface area contributed by atoms with Crippen molar-refractivity contribution in [2.45, 2.75) is 44.6 Å². The third kappa shape index (κ3) is 6.84. The van der Waals surface area contributed by atoms with Gasteiger partial charge in [-0.1, -0.05) is 0 Å². The maximum Gasteiger partial charge on any atom is 0.348 e. The van der Waals surface area contributed by atoms with Crippen molar-refractivity contribution in [1.82, 2.24) is 0 Å². The van der Waals surface area contributed by atoms with E-state index in [1.807, 2.05) is 0 Å². The van der Waals surface area contributed by atoms with Crippen LogP contribution in [-0.4, -0.2) is 57.5 Å². The van der Waals surface area contributed by atoms with Crippen LogP contribution in [0.1, 0.15) is 13.8 Å². The number of ether oxygens (including phenoxy) is 4. The number of nitrogens with two attached hydrogens (primary N) is 1. The first-order chi connectivity index (χ1) is 13.5. The molecule has 5 N–H and O–H groups in total. The lowest BCUT2D eigenvalue weighted by Crippen LogP contribution is -2.61. The molecule has 1 saturated heterocycles. The van der Waals surface area contributed by atoms with Crippen LogP contribution in [0.2, 0.25) is 0 Å². The van der Waals surface area contributed by atoms with Crippen molar-refractivity contribution in [2.24, 2.45) is 0 Å². The number of nitrogen functional groups attached to an aromatic ring is 1. The van der Waals surface area contributed by atoms with E-state index in [2.05, 4.69) is 0 Å². The number of esters is 2. The van der Waals surface area contributed by atoms with Crippen LogP contribution in [0.5, 0.6) is 5.75 Å². The van der Waals surface area contributed by atoms with Crippen LogP contribution in [-0.2, 0) is 28.4 Å². The number of aliphatic hydroxyl groups is 1. The Bertz CT molecular complexity index is 805. The van der Waals surface area contributed by atoms with Crippen LogP contribution in [0.15, 0.2) is 36.2 Å². The van der Waals surface area contributed by atoms with Gasteiger partial charge >= 0.3 is 19.5 Å². The van der Waals surface area contributed by atoms with Crippen LogP contribution < -0.4 is 10.5 Å². The Morgan fingerprint density at radius 3 is 2.17 bits per heavy atom. The van der Waals surface area contributed by atoms with E-state index in [-0.39, 0.29) is 5.75 Å². The van der Waals surface area contributed by atoms with E-state index in [0.717, 1.165) is 19.9 Å². The molecule has 0 spiro atoms. The topological polar surface area (TPSA) is 175 Å². The number of aliphatic hydroxyl groups excluding tert-OH is 1. The van der Waals surface area contributed by atoms with Gasteiger partial charge < -0.3 is 39.6 Å². The molecule has 160 valence electrons. The summed E-state index contributed by atoms with van der Waals surface area (Å²) in [6.45, 7) is 2.20. The number of rotatable bonds is 6. The molecular formula is C17H22NO10P. The van der Waals surface area contributed by atoms with E-state index < -0.39 is 50.2 Å². The number of hydrogen-bond donors (Lipinski definition) is 4. The quantitative estimate of drug-likeness (QED) is 0.277. The van der Waals surface area contributed by atoms with Crippen LogP contribution >= 0.6 is 7.60 Å². The highest BCUT2D eigenvalue weighted by atomic mass is 31.2. The molecule has 1 heterocycles. The molecule has 12 heteroatoms. The minimum atomic E-state index is -4.56. The second kappa shape index (κ2) is 9.38. The van der Waals surface area contributed by atoms with E-state index in [9.17, 15) is 19.3 Å². The summed E-state index contributed by atoms with van der Waals surface area (Å²) in [4.78, 5) is 41.1. The Hall–Kier alpha value is -2.43. The number of carbonyl (C=O) groups is 2. The van der Waals surface area contributed by atoms with Gasteiger partial charge in [-0.2, -0.15) is 0 Å². The van der Waals surface area contributed by atoms with Gasteiger partial charge in [0.2, 0.25) is 12.4 Å². The molecular weight excluding hydrogens is 409 g/mol. The van der Waals surface area contributed by atoms with Gasteiger partial charge in [-0.3, -0.25) is 14.2 Å². The third-order valence-electron chi connectivity index (χ3n) is 3.76. The summed E-state index contributed by atoms with van der Waals surface area (Å²) >= 11 is 0. The lowest BCUT2D eigenvalue weighted by atomic mass is 9.98. The Balaban J connectivity index is 2.38. The molecule has 0 aromatic heterocycles. The average Bonchev–Trinajstić information content (AvgIpc) is 2.59. The Morgan fingerprint density at radius 1 is 1.10 bits per heavy atom. The number of anilines is 1. The van der Waals surface area contributed by atoms with Crippen molar-refractivity contribution >= 4 is 25.2 Å². The first-order valence-electron chi connectivity index (χ1n) is 8.41. The van der Waals surface area contributed by atoms with E-state index in [1.165, 1.54) is 12.1 Å². The van der Waals surface area contributed by atoms with Crippen molar-refractivity contribution in [3.63, 3.8) is 0 Å². The molecule has 0 bridgehead atoms. The third-order valence-corrected chi connectivity index (χ3v) is 4.32. The number of carbonyl (C=O) groups excluding carboxylic acids is 2. The standard InChI is InChI=1S/C17H22NO10P/c1-9(19)25-15-14(21)13(7-8-29(22,23)24)28-17(16(15)26-10(2)20)27-12-5-3-11(18)4-6-12/h3-8,13-17,21H,18H2,1-2H3,(H2,22,23,24)/b8-7+/t13-,14-,15+,16+,17+/m1/s1. The van der Waals surface area contributed by atoms with Crippen molar-refractivity contribution in [1.29, 1.82) is 0 Å². The maximum absolute atomic E-state index is 11.5. The molecule has 11 nitrogen and oxygen atoms in total. The molecule has 1 aliphatic rings. The molecule has 1 aliphatic heterocycles. The summed E-state index contributed by atoms with van der Waals surface area (Å²) in [6.07, 6.45) is -6.17. The van der Waals surface area contributed by atoms with Gasteiger partial charge in [0.15, 0.2) is 6.10 Å². The summed E-state index contributed by atoms with van der Waals surface area (Å²) in [5.74, 6) is -0.731. The highest BCUT2D eigenvalue weighted by Crippen LogP contribution is 2.37. The zero-order valence-electron chi connectivity index (χ0n) is 15.6. The van der Waals surface area contributed by atoms with E-state index in [0.29, 0.717) is 11.5 Å². The minimum Gasteiger partial charge on any atom is -0.461 e. The van der Waals surface area contributed by atoms with Crippen molar-refractivity contribution in [3.05, 3.63) is 36.2 Å². The van der Waals surface area contributed by atoms with Gasteiger partial charge in [0.25, 0.3) is 0 Å². The van der Waals surface area contributed by atoms with Crippen LogP contribution in [0.4, 0.5) is 5.69 Å². The molecule has 5 atom stereocenters. The molecule has 0 saturated carbocycles. The van der Waals surface area contributed by atoms with Gasteiger partial charge in [-0.25, -0.2) is 0 Å². The van der Waals surface area contributed by atoms with Gasteiger partial charge in [-0.15, -0.1) is 0 Å². The molecule has 0 radical (unpaired) electrons. The summed E-state index contributed by atoms with van der Waals surface area (Å²) in [6, 6.07) is 6.11. The zero-order valence-corrected chi connectivity index (χ0v) is 16.5. The SMILES string of the molecule is CC(=O)O[C@@H]1[C@@H](Oc2ccc(N)cc2)O[C@H](/C=C/P(=O)(O)O)[C@@H](O)[C@@H]1OC(C)=O. The van der Waals surface area contributed by atoms with Crippen molar-refractivity contribution in [3.8, 4) is 5.75 Å². The first kappa shape index (κ1) is 22.9. The van der Waals surface area contributed by atoms with E-state index >= 15 is 0 Å². The largest absolute Gasteiger partial charge is 0.461 e. The number of benzene rings is 1. The molecule has 2 rings (SSSR count). The monoisotopic (exact) mass is 431 g/mol. The fraction of sp³-hybridized carbons (Fsp3) is 0.412. The van der Waals surface area contributed by atoms with Gasteiger partial charge in [0, 0.05) is 25.4 Å². The molecule has 29 heavy (non-hydrogen) atoms. The van der Waals surface area contributed by atoms with Crippen LogP contribution in [0, 0.1) is 0 Å². The number of hydrogen-bond acceptors (Lipinski definition) is 9.